The van der Waals surface area contributed by atoms with Crippen molar-refractivity contribution in [2.24, 2.45) is 5.92 Å². The first kappa shape index (κ1) is 24.8. The van der Waals surface area contributed by atoms with Crippen LogP contribution in [0.1, 0.15) is 47.1 Å². The van der Waals surface area contributed by atoms with Gasteiger partial charge in [0, 0.05) is 24.5 Å². The van der Waals surface area contributed by atoms with E-state index >= 15 is 0 Å². The van der Waals surface area contributed by atoms with Crippen LogP contribution in [0.2, 0.25) is 0 Å². The summed E-state index contributed by atoms with van der Waals surface area (Å²) in [5.74, 6) is -0.959. The lowest BCUT2D eigenvalue weighted by atomic mass is 9.98. The van der Waals surface area contributed by atoms with E-state index in [1.165, 1.54) is 11.4 Å². The van der Waals surface area contributed by atoms with Crippen LogP contribution in [0.3, 0.4) is 0 Å². The van der Waals surface area contributed by atoms with Crippen LogP contribution in [0.15, 0.2) is 23.1 Å². The number of anilines is 1. The minimum Gasteiger partial charge on any atom is -0.495 e. The zero-order valence-electron chi connectivity index (χ0n) is 19.6. The minimum absolute atomic E-state index is 0.0189. The summed E-state index contributed by atoms with van der Waals surface area (Å²) in [5.41, 5.74) is 2.33. The van der Waals surface area contributed by atoms with Crippen LogP contribution in [0, 0.1) is 26.7 Å². The molecule has 1 aromatic heterocycles. The number of aromatic nitrogens is 1. The molecule has 0 radical (unpaired) electrons. The maximum Gasteiger partial charge on any atom is 0.341 e. The Morgan fingerprint density at radius 1 is 1.21 bits per heavy atom. The Bertz CT molecular complexity index is 1160. The molecule has 1 fully saturated rings. The van der Waals surface area contributed by atoms with Crippen molar-refractivity contribution in [3.8, 4) is 5.75 Å². The molecule has 9 nitrogen and oxygen atoms in total. The molecule has 1 amide bonds. The third-order valence-corrected chi connectivity index (χ3v) is 7.80. The molecule has 1 aliphatic rings. The number of carbonyl (C=O) groups is 2. The van der Waals surface area contributed by atoms with Crippen molar-refractivity contribution in [3.63, 3.8) is 0 Å². The van der Waals surface area contributed by atoms with Crippen LogP contribution in [0.5, 0.6) is 5.75 Å². The van der Waals surface area contributed by atoms with E-state index in [1.807, 2.05) is 19.1 Å². The predicted octanol–water partition coefficient (Wildman–Crippen LogP) is 3.16. The van der Waals surface area contributed by atoms with Gasteiger partial charge in [-0.05, 0) is 58.2 Å². The number of esters is 1. The minimum atomic E-state index is -4.03. The topological polar surface area (TPSA) is 118 Å². The van der Waals surface area contributed by atoms with E-state index in [4.69, 9.17) is 9.47 Å². The molecule has 1 saturated heterocycles. The number of sulfonamides is 1. The number of carbonyl (C=O) groups excluding carboxylic acids is 2. The molecule has 2 heterocycles. The molecular weight excluding hydrogens is 446 g/mol. The van der Waals surface area contributed by atoms with Crippen molar-refractivity contribution in [1.82, 2.24) is 9.29 Å². The molecule has 0 bridgehead atoms. The Morgan fingerprint density at radius 2 is 1.94 bits per heavy atom. The van der Waals surface area contributed by atoms with Gasteiger partial charge in [-0.25, -0.2) is 13.2 Å². The molecule has 0 aliphatic carbocycles. The maximum absolute atomic E-state index is 13.6. The van der Waals surface area contributed by atoms with Gasteiger partial charge in [0.2, 0.25) is 15.9 Å². The summed E-state index contributed by atoms with van der Waals surface area (Å²) in [6.45, 7) is 7.25. The number of methoxy groups -OCH3 is 1. The molecule has 1 atom stereocenters. The molecule has 0 unspecified atom stereocenters. The van der Waals surface area contributed by atoms with Crippen LogP contribution < -0.4 is 10.1 Å². The molecule has 2 N–H and O–H groups in total. The number of benzene rings is 1. The van der Waals surface area contributed by atoms with Gasteiger partial charge in [0.05, 0.1) is 25.3 Å². The molecule has 180 valence electrons. The number of rotatable bonds is 7. The fourth-order valence-electron chi connectivity index (χ4n) is 4.19. The third-order valence-electron chi connectivity index (χ3n) is 5.76. The van der Waals surface area contributed by atoms with E-state index in [-0.39, 0.29) is 36.1 Å². The Balaban J connectivity index is 1.85. The second-order valence-electron chi connectivity index (χ2n) is 8.19. The standard InChI is InChI=1S/C23H31N3O6S/c1-6-32-23(28)20-15(3)24-16(4)21(20)33(29,30)26-11-7-8-17(13-26)22(27)25-18-12-14(2)9-10-19(18)31-5/h9-10,12,17,24H,6-8,11,13H2,1-5H3,(H,25,27)/t17-/m0/s1. The van der Waals surface area contributed by atoms with E-state index in [0.717, 1.165) is 5.56 Å². The number of aryl methyl sites for hydroxylation is 3. The van der Waals surface area contributed by atoms with Gasteiger partial charge in [0.25, 0.3) is 0 Å². The second kappa shape index (κ2) is 9.96. The molecule has 2 aromatic rings. The summed E-state index contributed by atoms with van der Waals surface area (Å²) in [4.78, 5) is 28.4. The summed E-state index contributed by atoms with van der Waals surface area (Å²) in [6.07, 6.45) is 1.08. The van der Waals surface area contributed by atoms with Crippen molar-refractivity contribution >= 4 is 27.6 Å². The Hall–Kier alpha value is -2.85. The summed E-state index contributed by atoms with van der Waals surface area (Å²) in [5, 5.41) is 2.88. The number of aromatic amines is 1. The second-order valence-corrected chi connectivity index (χ2v) is 10.1. The van der Waals surface area contributed by atoms with Crippen molar-refractivity contribution in [3.05, 3.63) is 40.7 Å². The maximum atomic E-state index is 13.6. The SMILES string of the molecule is CCOC(=O)c1c(C)[nH]c(C)c1S(=O)(=O)N1CCC[C@H](C(=O)Nc2cc(C)ccc2OC)C1. The van der Waals surface area contributed by atoms with Crippen LogP contribution in [0.4, 0.5) is 5.69 Å². The van der Waals surface area contributed by atoms with E-state index in [9.17, 15) is 18.0 Å². The van der Waals surface area contributed by atoms with Crippen molar-refractivity contribution < 1.29 is 27.5 Å². The van der Waals surface area contributed by atoms with Crippen LogP contribution in [0.25, 0.3) is 0 Å². The molecule has 10 heteroatoms. The highest BCUT2D eigenvalue weighted by molar-refractivity contribution is 7.89. The number of hydrogen-bond acceptors (Lipinski definition) is 6. The summed E-state index contributed by atoms with van der Waals surface area (Å²) >= 11 is 0. The molecule has 33 heavy (non-hydrogen) atoms. The summed E-state index contributed by atoms with van der Waals surface area (Å²) in [6, 6.07) is 5.47. The van der Waals surface area contributed by atoms with E-state index in [1.54, 1.807) is 26.8 Å². The van der Waals surface area contributed by atoms with Crippen LogP contribution in [-0.2, 0) is 19.6 Å². The fraction of sp³-hybridized carbons (Fsp3) is 0.478. The number of nitrogens with one attached hydrogen (secondary N) is 2. The third kappa shape index (κ3) is 5.06. The smallest absolute Gasteiger partial charge is 0.341 e. The van der Waals surface area contributed by atoms with Crippen molar-refractivity contribution in [2.75, 3.05) is 32.1 Å². The Labute approximate surface area is 194 Å². The average Bonchev–Trinajstić information content (AvgIpc) is 3.08. The number of piperidine rings is 1. The van der Waals surface area contributed by atoms with Gasteiger partial charge in [-0.1, -0.05) is 6.07 Å². The zero-order valence-corrected chi connectivity index (χ0v) is 20.5. The molecular formula is C23H31N3O6S. The largest absolute Gasteiger partial charge is 0.495 e. The lowest BCUT2D eigenvalue weighted by molar-refractivity contribution is -0.120. The fourth-order valence-corrected chi connectivity index (χ4v) is 6.12. The number of H-pyrrole nitrogens is 1. The zero-order chi connectivity index (χ0) is 24.3. The highest BCUT2D eigenvalue weighted by Gasteiger charge is 2.38. The molecule has 3 rings (SSSR count). The Kier molecular flexibility index (Phi) is 7.48. The lowest BCUT2D eigenvalue weighted by Crippen LogP contribution is -2.44. The monoisotopic (exact) mass is 477 g/mol. The first-order valence-electron chi connectivity index (χ1n) is 10.9. The first-order chi connectivity index (χ1) is 15.6. The first-order valence-corrected chi connectivity index (χ1v) is 12.4. The van der Waals surface area contributed by atoms with Crippen LogP contribution >= 0.6 is 0 Å². The summed E-state index contributed by atoms with van der Waals surface area (Å²) in [7, 11) is -2.50. The van der Waals surface area contributed by atoms with Crippen molar-refractivity contribution in [1.29, 1.82) is 0 Å². The van der Waals surface area contributed by atoms with Gasteiger partial charge in [0.1, 0.15) is 16.2 Å². The van der Waals surface area contributed by atoms with Gasteiger partial charge >= 0.3 is 5.97 Å². The quantitative estimate of drug-likeness (QED) is 0.592. The van der Waals surface area contributed by atoms with Gasteiger partial charge in [-0.3, -0.25) is 4.79 Å². The molecule has 0 saturated carbocycles. The van der Waals surface area contributed by atoms with Crippen LogP contribution in [-0.4, -0.2) is 56.4 Å². The summed E-state index contributed by atoms with van der Waals surface area (Å²) < 4.78 is 38.8. The number of amides is 1. The molecule has 1 aromatic carbocycles. The predicted molar refractivity (Wildman–Crippen MR) is 124 cm³/mol. The highest BCUT2D eigenvalue weighted by atomic mass is 32.2. The Morgan fingerprint density at radius 3 is 2.61 bits per heavy atom. The van der Waals surface area contributed by atoms with Gasteiger partial charge < -0.3 is 19.8 Å². The molecule has 1 aliphatic heterocycles. The highest BCUT2D eigenvalue weighted by Crippen LogP contribution is 2.32. The van der Waals surface area contributed by atoms with E-state index in [2.05, 4.69) is 10.3 Å². The average molecular weight is 478 g/mol. The van der Waals surface area contributed by atoms with Gasteiger partial charge in [-0.15, -0.1) is 0 Å². The van der Waals surface area contributed by atoms with E-state index in [0.29, 0.717) is 35.7 Å². The lowest BCUT2D eigenvalue weighted by Gasteiger charge is -2.31. The number of ether oxygens (including phenoxy) is 2. The number of hydrogen-bond donors (Lipinski definition) is 2. The number of nitrogens with zero attached hydrogens (tertiary/aromatic N) is 1. The normalized spacial score (nSPS) is 16.9. The van der Waals surface area contributed by atoms with E-state index < -0.39 is 21.9 Å². The van der Waals surface area contributed by atoms with Crippen molar-refractivity contribution in [2.45, 2.75) is 45.4 Å². The van der Waals surface area contributed by atoms with Gasteiger partial charge in [0.15, 0.2) is 0 Å². The van der Waals surface area contributed by atoms with Gasteiger partial charge in [-0.2, -0.15) is 4.31 Å². The molecule has 0 spiro atoms.